The maximum atomic E-state index is 5.87. The second-order valence-electron chi connectivity index (χ2n) is 6.25. The number of nitrogens with zero attached hydrogens (tertiary/aromatic N) is 6. The van der Waals surface area contributed by atoms with E-state index < -0.39 is 0 Å². The van der Waals surface area contributed by atoms with E-state index in [-0.39, 0.29) is 12.5 Å². The first kappa shape index (κ1) is 19.6. The van der Waals surface area contributed by atoms with Gasteiger partial charge in [-0.3, -0.25) is 4.98 Å². The van der Waals surface area contributed by atoms with Crippen molar-refractivity contribution in [1.82, 2.24) is 30.0 Å². The van der Waals surface area contributed by atoms with Gasteiger partial charge in [0.25, 0.3) is 5.88 Å². The van der Waals surface area contributed by atoms with Crippen LogP contribution in [0, 0.1) is 6.92 Å². The number of hydrogen-bond acceptors (Lipinski definition) is 10. The van der Waals surface area contributed by atoms with Crippen LogP contribution in [-0.2, 0) is 11.3 Å². The first-order valence-electron chi connectivity index (χ1n) is 9.11. The maximum Gasteiger partial charge on any atom is 0.275 e. The lowest BCUT2D eigenvalue weighted by Crippen LogP contribution is -2.07. The van der Waals surface area contributed by atoms with E-state index in [1.54, 1.807) is 44.5 Å². The molecule has 0 aromatic carbocycles. The summed E-state index contributed by atoms with van der Waals surface area (Å²) in [5.74, 6) is 2.45. The zero-order valence-electron chi connectivity index (χ0n) is 16.7. The third-order valence-corrected chi connectivity index (χ3v) is 4.10. The highest BCUT2D eigenvalue weighted by Crippen LogP contribution is 2.28. The van der Waals surface area contributed by atoms with E-state index in [9.17, 15) is 0 Å². The molecule has 30 heavy (non-hydrogen) atoms. The first-order chi connectivity index (χ1) is 14.7. The number of aryl methyl sites for hydroxylation is 1. The normalized spacial score (nSPS) is 11.0. The quantitative estimate of drug-likeness (QED) is 0.378. The number of fused-ring (bicyclic) bond motifs is 1. The molecule has 4 aromatic heterocycles. The molecule has 0 aliphatic rings. The number of pyridine rings is 1. The average molecular weight is 412 g/mol. The van der Waals surface area contributed by atoms with Gasteiger partial charge in [0.05, 0.1) is 19.4 Å². The van der Waals surface area contributed by atoms with E-state index in [2.05, 4.69) is 25.4 Å². The molecular formula is C19H20N6O5. The number of methoxy groups -OCH3 is 2. The molecule has 0 aliphatic carbocycles. The van der Waals surface area contributed by atoms with Crippen molar-refractivity contribution in [2.75, 3.05) is 27.4 Å². The van der Waals surface area contributed by atoms with Crippen LogP contribution in [0.3, 0.4) is 0 Å². The van der Waals surface area contributed by atoms with Crippen LogP contribution in [0.2, 0.25) is 0 Å². The predicted molar refractivity (Wildman–Crippen MR) is 104 cm³/mol. The average Bonchev–Trinajstić information content (AvgIpc) is 3.37. The number of aromatic nitrogens is 6. The van der Waals surface area contributed by atoms with Gasteiger partial charge in [-0.2, -0.15) is 4.52 Å². The lowest BCUT2D eigenvalue weighted by Gasteiger charge is -2.11. The molecule has 4 heterocycles. The second kappa shape index (κ2) is 8.74. The SMILES string of the molecule is COCCOc1ccnc(COc2nn3c(-c4cc(C)on4)nnc3cc2OC)c1. The van der Waals surface area contributed by atoms with Crippen molar-refractivity contribution in [3.63, 3.8) is 0 Å². The van der Waals surface area contributed by atoms with Crippen molar-refractivity contribution in [1.29, 1.82) is 0 Å². The molecule has 0 bridgehead atoms. The Hall–Kier alpha value is -3.73. The summed E-state index contributed by atoms with van der Waals surface area (Å²) in [6.07, 6.45) is 1.65. The zero-order chi connectivity index (χ0) is 20.9. The molecule has 0 unspecified atom stereocenters. The summed E-state index contributed by atoms with van der Waals surface area (Å²) in [5.41, 5.74) is 1.68. The molecule has 4 aromatic rings. The van der Waals surface area contributed by atoms with Crippen LogP contribution in [0.4, 0.5) is 0 Å². The highest BCUT2D eigenvalue weighted by Gasteiger charge is 2.18. The van der Waals surface area contributed by atoms with Gasteiger partial charge in [-0.05, 0) is 13.0 Å². The van der Waals surface area contributed by atoms with Gasteiger partial charge in [0.2, 0.25) is 5.82 Å². The molecule has 0 N–H and O–H groups in total. The van der Waals surface area contributed by atoms with Crippen molar-refractivity contribution in [3.05, 3.63) is 41.9 Å². The van der Waals surface area contributed by atoms with Crippen molar-refractivity contribution < 1.29 is 23.5 Å². The van der Waals surface area contributed by atoms with Gasteiger partial charge in [-0.15, -0.1) is 15.3 Å². The Balaban J connectivity index is 1.57. The molecule has 0 spiro atoms. The summed E-state index contributed by atoms with van der Waals surface area (Å²) in [6, 6.07) is 7.00. The van der Waals surface area contributed by atoms with E-state index in [0.717, 1.165) is 0 Å². The van der Waals surface area contributed by atoms with Gasteiger partial charge >= 0.3 is 0 Å². The first-order valence-corrected chi connectivity index (χ1v) is 9.11. The smallest absolute Gasteiger partial charge is 0.275 e. The summed E-state index contributed by atoms with van der Waals surface area (Å²) >= 11 is 0. The number of hydrogen-bond donors (Lipinski definition) is 0. The topological polar surface area (TPSA) is 119 Å². The standard InChI is InChI=1S/C19H20N6O5/c1-12-8-15(24-30-12)18-22-21-17-10-16(27-3)19(23-25(17)18)29-11-13-9-14(4-5-20-13)28-7-6-26-2/h4-5,8-10H,6-7,11H2,1-3H3. The van der Waals surface area contributed by atoms with Crippen LogP contribution in [0.25, 0.3) is 17.2 Å². The van der Waals surface area contributed by atoms with Crippen LogP contribution in [0.5, 0.6) is 17.4 Å². The lowest BCUT2D eigenvalue weighted by atomic mass is 10.3. The molecular weight excluding hydrogens is 392 g/mol. The number of rotatable bonds is 9. The lowest BCUT2D eigenvalue weighted by molar-refractivity contribution is 0.146. The van der Waals surface area contributed by atoms with Crippen LogP contribution in [0.1, 0.15) is 11.5 Å². The Kier molecular flexibility index (Phi) is 5.70. The molecule has 0 radical (unpaired) electrons. The Bertz CT molecular complexity index is 1140. The van der Waals surface area contributed by atoms with Gasteiger partial charge in [0.15, 0.2) is 17.1 Å². The molecule has 156 valence electrons. The molecule has 0 saturated carbocycles. The zero-order valence-corrected chi connectivity index (χ0v) is 16.7. The summed E-state index contributed by atoms with van der Waals surface area (Å²) in [4.78, 5) is 4.30. The minimum absolute atomic E-state index is 0.164. The summed E-state index contributed by atoms with van der Waals surface area (Å²) in [7, 11) is 3.15. The summed E-state index contributed by atoms with van der Waals surface area (Å²) in [6.45, 7) is 2.91. The predicted octanol–water partition coefficient (Wildman–Crippen LogP) is 2.10. The molecule has 0 fully saturated rings. The Morgan fingerprint density at radius 2 is 1.97 bits per heavy atom. The van der Waals surface area contributed by atoms with Crippen LogP contribution in [-0.4, -0.2) is 57.4 Å². The van der Waals surface area contributed by atoms with Crippen LogP contribution in [0.15, 0.2) is 35.0 Å². The van der Waals surface area contributed by atoms with Crippen molar-refractivity contribution in [3.8, 4) is 28.9 Å². The minimum Gasteiger partial charge on any atom is -0.491 e. The second-order valence-corrected chi connectivity index (χ2v) is 6.25. The van der Waals surface area contributed by atoms with Crippen molar-refractivity contribution in [2.45, 2.75) is 13.5 Å². The van der Waals surface area contributed by atoms with E-state index in [1.165, 1.54) is 11.6 Å². The molecule has 0 saturated heterocycles. The molecule has 0 amide bonds. The fourth-order valence-electron chi connectivity index (χ4n) is 2.69. The summed E-state index contributed by atoms with van der Waals surface area (Å²) < 4.78 is 28.5. The summed E-state index contributed by atoms with van der Waals surface area (Å²) in [5, 5.41) is 16.7. The Morgan fingerprint density at radius 3 is 2.73 bits per heavy atom. The minimum atomic E-state index is 0.164. The van der Waals surface area contributed by atoms with Gasteiger partial charge in [-0.1, -0.05) is 5.16 Å². The Morgan fingerprint density at radius 1 is 1.07 bits per heavy atom. The largest absolute Gasteiger partial charge is 0.491 e. The van der Waals surface area contributed by atoms with E-state index in [1.807, 2.05) is 0 Å². The van der Waals surface area contributed by atoms with Crippen LogP contribution < -0.4 is 14.2 Å². The molecule has 11 nitrogen and oxygen atoms in total. The van der Waals surface area contributed by atoms with Gasteiger partial charge < -0.3 is 23.5 Å². The van der Waals surface area contributed by atoms with Crippen molar-refractivity contribution >= 4 is 5.65 Å². The molecule has 0 aliphatic heterocycles. The molecule has 11 heteroatoms. The van der Waals surface area contributed by atoms with Gasteiger partial charge in [-0.25, -0.2) is 0 Å². The van der Waals surface area contributed by atoms with Crippen molar-refractivity contribution in [2.24, 2.45) is 0 Å². The fourth-order valence-corrected chi connectivity index (χ4v) is 2.69. The highest BCUT2D eigenvalue weighted by molar-refractivity contribution is 5.56. The molecule has 0 atom stereocenters. The third-order valence-electron chi connectivity index (χ3n) is 4.10. The van der Waals surface area contributed by atoms with E-state index in [4.69, 9.17) is 23.5 Å². The maximum absolute atomic E-state index is 5.87. The monoisotopic (exact) mass is 412 g/mol. The van der Waals surface area contributed by atoms with Gasteiger partial charge in [0, 0.05) is 31.5 Å². The van der Waals surface area contributed by atoms with Crippen LogP contribution >= 0.6 is 0 Å². The fraction of sp³-hybridized carbons (Fsp3) is 0.316. The van der Waals surface area contributed by atoms with Gasteiger partial charge in [0.1, 0.15) is 24.7 Å². The highest BCUT2D eigenvalue weighted by atomic mass is 16.5. The number of ether oxygens (including phenoxy) is 4. The van der Waals surface area contributed by atoms with E-state index >= 15 is 0 Å². The van der Waals surface area contributed by atoms with E-state index in [0.29, 0.717) is 53.3 Å². The molecule has 4 rings (SSSR count). The Labute approximate surface area is 171 Å². The third kappa shape index (κ3) is 4.15.